The first-order chi connectivity index (χ1) is 25.2. The lowest BCUT2D eigenvalue weighted by atomic mass is 9.95. The Bertz CT molecular complexity index is 2190. The summed E-state index contributed by atoms with van der Waals surface area (Å²) in [5, 5.41) is 0. The van der Waals surface area contributed by atoms with Gasteiger partial charge in [-0.2, -0.15) is 0 Å². The number of ether oxygens (including phenoxy) is 1. The Hall–Kier alpha value is -6.64. The minimum absolute atomic E-state index is 0.607. The molecule has 1 aliphatic heterocycles. The number of fused-ring (bicyclic) bond motifs is 1. The third-order valence-corrected chi connectivity index (χ3v) is 8.44. The van der Waals surface area contributed by atoms with Crippen molar-refractivity contribution in [3.63, 3.8) is 0 Å². The van der Waals surface area contributed by atoms with Crippen LogP contribution >= 0.6 is 0 Å². The maximum Gasteiger partial charge on any atom is 0.138 e. The highest BCUT2D eigenvalue weighted by atomic mass is 16.5. The van der Waals surface area contributed by atoms with Gasteiger partial charge in [0.05, 0.1) is 0 Å². The maximum atomic E-state index is 6.33. The highest BCUT2D eigenvalue weighted by Gasteiger charge is 2.14. The first-order valence-corrected chi connectivity index (χ1v) is 17.1. The zero-order valence-electron chi connectivity index (χ0n) is 28.6. The highest BCUT2D eigenvalue weighted by molar-refractivity contribution is 5.84. The Kier molecular flexibility index (Phi) is 11.9. The standard InChI is InChI=1S/C49H41NO/c1-38-17-6-2-13-24-45-25-15-29-48(49(45)51-38)47-27-14-26-46(37-47)43(33-30-39-31-34-44(35-32-39)41-20-9-4-10-21-41)23-12-5-11-22-42(28-16-36-50)40-18-7-3-8-19-40/h2-23,25-37H,1,24,50H2/b12-5+,13-2-,17-6-,22-11-,33-30-,36-16+,42-28+,43-23+. The van der Waals surface area contributed by atoms with Crippen LogP contribution in [0.25, 0.3) is 39.5 Å². The van der Waals surface area contributed by atoms with E-state index in [1.807, 2.05) is 54.6 Å². The van der Waals surface area contributed by atoms with E-state index in [1.165, 1.54) is 11.1 Å². The zero-order chi connectivity index (χ0) is 35.1. The van der Waals surface area contributed by atoms with Gasteiger partial charge >= 0.3 is 0 Å². The summed E-state index contributed by atoms with van der Waals surface area (Å²) >= 11 is 0. The van der Waals surface area contributed by atoms with Crippen LogP contribution in [0.5, 0.6) is 5.75 Å². The molecule has 1 heterocycles. The van der Waals surface area contributed by atoms with E-state index in [0.717, 1.165) is 56.7 Å². The predicted molar refractivity (Wildman–Crippen MR) is 219 cm³/mol. The van der Waals surface area contributed by atoms with Crippen LogP contribution in [-0.4, -0.2) is 0 Å². The zero-order valence-corrected chi connectivity index (χ0v) is 28.6. The lowest BCUT2D eigenvalue weighted by Crippen LogP contribution is -1.97. The molecule has 6 rings (SSSR count). The maximum absolute atomic E-state index is 6.33. The molecule has 51 heavy (non-hydrogen) atoms. The summed E-state index contributed by atoms with van der Waals surface area (Å²) in [6, 6.07) is 44.4. The van der Waals surface area contributed by atoms with E-state index in [-0.39, 0.29) is 0 Å². The lowest BCUT2D eigenvalue weighted by molar-refractivity contribution is 0.444. The molecule has 0 fully saturated rings. The topological polar surface area (TPSA) is 35.2 Å². The van der Waals surface area contributed by atoms with Crippen LogP contribution in [0.2, 0.25) is 0 Å². The number of rotatable bonds is 10. The second kappa shape index (κ2) is 17.7. The van der Waals surface area contributed by atoms with Crippen LogP contribution in [0.15, 0.2) is 219 Å². The van der Waals surface area contributed by atoms with E-state index in [0.29, 0.717) is 5.76 Å². The molecular weight excluding hydrogens is 619 g/mol. The van der Waals surface area contributed by atoms with Gasteiger partial charge in [0.25, 0.3) is 0 Å². The summed E-state index contributed by atoms with van der Waals surface area (Å²) in [6.45, 7) is 4.12. The van der Waals surface area contributed by atoms with Crippen molar-refractivity contribution in [1.29, 1.82) is 0 Å². The first-order valence-electron chi connectivity index (χ1n) is 17.1. The molecule has 0 unspecified atom stereocenters. The van der Waals surface area contributed by atoms with E-state index in [2.05, 4.69) is 158 Å². The number of hydrogen-bond donors (Lipinski definition) is 1. The molecule has 5 aromatic carbocycles. The van der Waals surface area contributed by atoms with Gasteiger partial charge in [0.1, 0.15) is 11.5 Å². The molecule has 0 bridgehead atoms. The van der Waals surface area contributed by atoms with E-state index >= 15 is 0 Å². The van der Waals surface area contributed by atoms with Gasteiger partial charge in [-0.05, 0) is 80.9 Å². The van der Waals surface area contributed by atoms with Gasteiger partial charge in [-0.15, -0.1) is 0 Å². The molecule has 5 aromatic rings. The Balaban J connectivity index is 1.34. The molecule has 248 valence electrons. The molecule has 2 nitrogen and oxygen atoms in total. The third kappa shape index (κ3) is 9.50. The van der Waals surface area contributed by atoms with Crippen LogP contribution in [0.4, 0.5) is 0 Å². The van der Waals surface area contributed by atoms with Crippen molar-refractivity contribution in [2.24, 2.45) is 5.73 Å². The molecule has 0 spiro atoms. The highest BCUT2D eigenvalue weighted by Crippen LogP contribution is 2.37. The Morgan fingerprint density at radius 1 is 0.608 bits per heavy atom. The minimum Gasteiger partial charge on any atom is -0.457 e. The van der Waals surface area contributed by atoms with Gasteiger partial charge in [-0.1, -0.05) is 195 Å². The van der Waals surface area contributed by atoms with Crippen molar-refractivity contribution in [3.8, 4) is 28.0 Å². The van der Waals surface area contributed by atoms with Gasteiger partial charge in [0.15, 0.2) is 0 Å². The number of hydrogen-bond acceptors (Lipinski definition) is 2. The fourth-order valence-corrected chi connectivity index (χ4v) is 5.83. The molecule has 0 amide bonds. The van der Waals surface area contributed by atoms with E-state index < -0.39 is 0 Å². The van der Waals surface area contributed by atoms with Gasteiger partial charge in [0.2, 0.25) is 0 Å². The van der Waals surface area contributed by atoms with E-state index in [1.54, 1.807) is 6.20 Å². The molecule has 0 saturated carbocycles. The fraction of sp³-hybridized carbons (Fsp3) is 0.0204. The summed E-state index contributed by atoms with van der Waals surface area (Å²) < 4.78 is 6.33. The number of allylic oxidation sites excluding steroid dienone is 14. The molecule has 1 aliphatic rings. The summed E-state index contributed by atoms with van der Waals surface area (Å²) in [4.78, 5) is 0. The summed E-state index contributed by atoms with van der Waals surface area (Å²) in [5.74, 6) is 1.45. The van der Waals surface area contributed by atoms with Crippen LogP contribution in [0.3, 0.4) is 0 Å². The average Bonchev–Trinajstić information content (AvgIpc) is 3.27. The van der Waals surface area contributed by atoms with Crippen LogP contribution < -0.4 is 10.5 Å². The number of benzene rings is 5. The van der Waals surface area contributed by atoms with Crippen molar-refractivity contribution in [1.82, 2.24) is 0 Å². The Morgan fingerprint density at radius 2 is 1.29 bits per heavy atom. The Morgan fingerprint density at radius 3 is 2.10 bits per heavy atom. The second-order valence-corrected chi connectivity index (χ2v) is 12.0. The summed E-state index contributed by atoms with van der Waals surface area (Å²) in [6.07, 6.45) is 29.0. The van der Waals surface area contributed by atoms with Crippen molar-refractivity contribution >= 4 is 17.2 Å². The number of nitrogens with two attached hydrogens (primary N) is 1. The third-order valence-electron chi connectivity index (χ3n) is 8.44. The van der Waals surface area contributed by atoms with Crippen LogP contribution in [-0.2, 0) is 6.42 Å². The largest absolute Gasteiger partial charge is 0.457 e. The molecular formula is C49H41NO. The molecule has 0 aromatic heterocycles. The second-order valence-electron chi connectivity index (χ2n) is 12.0. The van der Waals surface area contributed by atoms with E-state index in [4.69, 9.17) is 10.5 Å². The van der Waals surface area contributed by atoms with Gasteiger partial charge in [-0.25, -0.2) is 0 Å². The van der Waals surface area contributed by atoms with Gasteiger partial charge in [-0.3, -0.25) is 0 Å². The molecule has 0 aliphatic carbocycles. The summed E-state index contributed by atoms with van der Waals surface area (Å²) in [7, 11) is 0. The summed E-state index contributed by atoms with van der Waals surface area (Å²) in [5.41, 5.74) is 16.8. The van der Waals surface area contributed by atoms with Crippen LogP contribution in [0.1, 0.15) is 22.3 Å². The van der Waals surface area contributed by atoms with Crippen molar-refractivity contribution in [2.45, 2.75) is 6.42 Å². The minimum atomic E-state index is 0.607. The van der Waals surface area contributed by atoms with Crippen molar-refractivity contribution in [2.75, 3.05) is 0 Å². The fourth-order valence-electron chi connectivity index (χ4n) is 5.83. The van der Waals surface area contributed by atoms with Crippen molar-refractivity contribution < 1.29 is 4.74 Å². The van der Waals surface area contributed by atoms with Crippen molar-refractivity contribution in [3.05, 3.63) is 241 Å². The normalized spacial score (nSPS) is 15.1. The lowest BCUT2D eigenvalue weighted by Gasteiger charge is -2.16. The SMILES string of the molecule is C=C1/C=C\C=C/Cc2cccc(-c3cccc(C(/C=C\c4ccc(-c5ccccc5)cc4)=C/C=C/C=C\C(=C/C=C/N)c4ccccc4)c3)c2O1. The molecule has 2 heteroatoms. The smallest absolute Gasteiger partial charge is 0.138 e. The molecule has 2 N–H and O–H groups in total. The molecule has 0 atom stereocenters. The first kappa shape index (κ1) is 34.2. The predicted octanol–water partition coefficient (Wildman–Crippen LogP) is 12.3. The van der Waals surface area contributed by atoms with Crippen LogP contribution in [0, 0.1) is 0 Å². The molecule has 0 radical (unpaired) electrons. The number of para-hydroxylation sites is 1. The Labute approximate surface area is 302 Å². The van der Waals surface area contributed by atoms with E-state index in [9.17, 15) is 0 Å². The van der Waals surface area contributed by atoms with Gasteiger partial charge in [0, 0.05) is 5.56 Å². The quantitative estimate of drug-likeness (QED) is 0.151. The van der Waals surface area contributed by atoms with Gasteiger partial charge < -0.3 is 10.5 Å². The average molecular weight is 660 g/mol. The molecule has 0 saturated heterocycles. The monoisotopic (exact) mass is 659 g/mol.